The second-order valence-electron chi connectivity index (χ2n) is 5.68. The zero-order valence-electron chi connectivity index (χ0n) is 12.3. The predicted octanol–water partition coefficient (Wildman–Crippen LogP) is 1.07. The summed E-state index contributed by atoms with van der Waals surface area (Å²) in [4.78, 5) is 14.3. The molecule has 20 heavy (non-hydrogen) atoms. The van der Waals surface area contributed by atoms with Crippen LogP contribution in [0.3, 0.4) is 0 Å². The van der Waals surface area contributed by atoms with E-state index < -0.39 is 0 Å². The lowest BCUT2D eigenvalue weighted by molar-refractivity contribution is 0.0920. The van der Waals surface area contributed by atoms with Gasteiger partial charge in [-0.2, -0.15) is 0 Å². The van der Waals surface area contributed by atoms with E-state index >= 15 is 0 Å². The van der Waals surface area contributed by atoms with E-state index in [2.05, 4.69) is 24.1 Å². The molecule has 110 valence electrons. The molecule has 1 aliphatic heterocycles. The van der Waals surface area contributed by atoms with Crippen molar-refractivity contribution in [1.82, 2.24) is 10.2 Å². The number of carbonyl (C=O) groups is 1. The zero-order chi connectivity index (χ0) is 14.9. The van der Waals surface area contributed by atoms with Gasteiger partial charge in [-0.15, -0.1) is 0 Å². The fraction of sp³-hybridized carbons (Fsp3) is 0.500. The predicted molar refractivity (Wildman–Crippen MR) is 77.1 cm³/mol. The Bertz CT molecular complexity index is 527. The van der Waals surface area contributed by atoms with Crippen LogP contribution in [0.1, 0.15) is 24.2 Å². The van der Waals surface area contributed by atoms with Gasteiger partial charge in [-0.25, -0.2) is 0 Å². The minimum Gasteiger partial charge on any atom is -0.454 e. The van der Waals surface area contributed by atoms with Crippen molar-refractivity contribution in [3.63, 3.8) is 0 Å². The highest BCUT2D eigenvalue weighted by Crippen LogP contribution is 2.35. The lowest BCUT2D eigenvalue weighted by Gasteiger charge is -2.32. The molecule has 1 heterocycles. The van der Waals surface area contributed by atoms with E-state index in [0.29, 0.717) is 29.3 Å². The van der Waals surface area contributed by atoms with Crippen molar-refractivity contribution in [3.8, 4) is 11.5 Å². The maximum Gasteiger partial charge on any atom is 0.253 e. The number of nitrogen functional groups attached to an aromatic ring is 1. The number of nitrogens with two attached hydrogens (primary N) is 1. The molecule has 6 heteroatoms. The quantitative estimate of drug-likeness (QED) is 0.806. The van der Waals surface area contributed by atoms with Gasteiger partial charge in [-0.1, -0.05) is 0 Å². The zero-order valence-corrected chi connectivity index (χ0v) is 12.3. The fourth-order valence-corrected chi connectivity index (χ4v) is 1.70. The molecule has 0 unspecified atom stereocenters. The number of anilines is 1. The van der Waals surface area contributed by atoms with E-state index in [0.717, 1.165) is 0 Å². The minimum absolute atomic E-state index is 0.138. The SMILES string of the molecule is CN(C)C(C)(C)CNC(=O)c1cc2c(cc1N)OCO2. The molecular formula is C14H21N3O3. The van der Waals surface area contributed by atoms with Gasteiger partial charge in [0.05, 0.1) is 5.56 Å². The molecule has 1 aromatic carbocycles. The summed E-state index contributed by atoms with van der Waals surface area (Å²) in [7, 11) is 3.95. The summed E-state index contributed by atoms with van der Waals surface area (Å²) in [5, 5.41) is 2.90. The molecule has 2 rings (SSSR count). The molecule has 6 nitrogen and oxygen atoms in total. The van der Waals surface area contributed by atoms with Gasteiger partial charge in [0.1, 0.15) is 0 Å². The Kier molecular flexibility index (Phi) is 3.76. The second-order valence-corrected chi connectivity index (χ2v) is 5.68. The first-order valence-electron chi connectivity index (χ1n) is 6.46. The van der Waals surface area contributed by atoms with E-state index in [1.165, 1.54) is 0 Å². The maximum atomic E-state index is 12.2. The number of hydrogen-bond donors (Lipinski definition) is 2. The van der Waals surface area contributed by atoms with Crippen LogP contribution in [0, 0.1) is 0 Å². The summed E-state index contributed by atoms with van der Waals surface area (Å²) in [6, 6.07) is 3.24. The molecule has 1 aliphatic rings. The average Bonchev–Trinajstić information content (AvgIpc) is 2.81. The van der Waals surface area contributed by atoms with Crippen molar-refractivity contribution in [2.75, 3.05) is 33.2 Å². The second kappa shape index (κ2) is 5.20. The third-order valence-corrected chi connectivity index (χ3v) is 3.68. The summed E-state index contributed by atoms with van der Waals surface area (Å²) in [6.45, 7) is 4.78. The molecule has 1 aromatic rings. The molecule has 0 aliphatic carbocycles. The van der Waals surface area contributed by atoms with Gasteiger partial charge in [-0.05, 0) is 34.0 Å². The molecule has 0 bridgehead atoms. The molecule has 0 atom stereocenters. The van der Waals surface area contributed by atoms with Crippen molar-refractivity contribution in [3.05, 3.63) is 17.7 Å². The van der Waals surface area contributed by atoms with E-state index in [1.807, 2.05) is 14.1 Å². The van der Waals surface area contributed by atoms with Crippen molar-refractivity contribution in [1.29, 1.82) is 0 Å². The van der Waals surface area contributed by atoms with Gasteiger partial charge in [0.2, 0.25) is 6.79 Å². The van der Waals surface area contributed by atoms with Crippen LogP contribution in [0.15, 0.2) is 12.1 Å². The molecule has 0 fully saturated rings. The van der Waals surface area contributed by atoms with Crippen LogP contribution in [-0.2, 0) is 0 Å². The van der Waals surface area contributed by atoms with Crippen molar-refractivity contribution >= 4 is 11.6 Å². The Morgan fingerprint density at radius 2 is 1.95 bits per heavy atom. The number of benzene rings is 1. The number of ether oxygens (including phenoxy) is 2. The van der Waals surface area contributed by atoms with Crippen molar-refractivity contribution in [2.45, 2.75) is 19.4 Å². The van der Waals surface area contributed by atoms with Gasteiger partial charge in [-0.3, -0.25) is 4.79 Å². The van der Waals surface area contributed by atoms with Gasteiger partial charge in [0, 0.05) is 23.8 Å². The summed E-state index contributed by atoms with van der Waals surface area (Å²) in [6.07, 6.45) is 0. The summed E-state index contributed by atoms with van der Waals surface area (Å²) >= 11 is 0. The Balaban J connectivity index is 2.10. The highest BCUT2D eigenvalue weighted by atomic mass is 16.7. The first kappa shape index (κ1) is 14.5. The molecule has 0 spiro atoms. The molecule has 0 saturated carbocycles. The number of rotatable bonds is 4. The highest BCUT2D eigenvalue weighted by molar-refractivity contribution is 6.00. The summed E-state index contributed by atoms with van der Waals surface area (Å²) in [5.41, 5.74) is 6.54. The fourth-order valence-electron chi connectivity index (χ4n) is 1.70. The molecule has 0 aromatic heterocycles. The van der Waals surface area contributed by atoms with Crippen molar-refractivity contribution in [2.24, 2.45) is 0 Å². The van der Waals surface area contributed by atoms with Crippen LogP contribution in [0.2, 0.25) is 0 Å². The third-order valence-electron chi connectivity index (χ3n) is 3.68. The third kappa shape index (κ3) is 2.80. The molecule has 0 saturated heterocycles. The van der Waals surface area contributed by atoms with Crippen LogP contribution < -0.4 is 20.5 Å². The topological polar surface area (TPSA) is 76.8 Å². The van der Waals surface area contributed by atoms with Crippen LogP contribution in [0.4, 0.5) is 5.69 Å². The van der Waals surface area contributed by atoms with Crippen LogP contribution in [0.25, 0.3) is 0 Å². The molecular weight excluding hydrogens is 258 g/mol. The molecule has 3 N–H and O–H groups in total. The first-order chi connectivity index (χ1) is 9.31. The standard InChI is InChI=1S/C14H21N3O3/c1-14(2,17(3)4)7-16-13(18)9-5-11-12(6-10(9)15)20-8-19-11/h5-6H,7-8,15H2,1-4H3,(H,16,18). The normalized spacial score (nSPS) is 13.7. The van der Waals surface area contributed by atoms with Crippen LogP contribution >= 0.6 is 0 Å². The number of amides is 1. The minimum atomic E-state index is -0.212. The number of likely N-dealkylation sites (N-methyl/N-ethyl adjacent to an activating group) is 1. The summed E-state index contributed by atoms with van der Waals surface area (Å²) in [5.74, 6) is 0.916. The van der Waals surface area contributed by atoms with E-state index in [-0.39, 0.29) is 18.2 Å². The maximum absolute atomic E-state index is 12.2. The van der Waals surface area contributed by atoms with Crippen LogP contribution in [-0.4, -0.2) is 43.8 Å². The molecule has 1 amide bonds. The Morgan fingerprint density at radius 3 is 2.55 bits per heavy atom. The van der Waals surface area contributed by atoms with Crippen LogP contribution in [0.5, 0.6) is 11.5 Å². The lowest BCUT2D eigenvalue weighted by atomic mass is 10.0. The van der Waals surface area contributed by atoms with E-state index in [1.54, 1.807) is 12.1 Å². The number of hydrogen-bond acceptors (Lipinski definition) is 5. The number of carbonyl (C=O) groups excluding carboxylic acids is 1. The van der Waals surface area contributed by atoms with E-state index in [4.69, 9.17) is 15.2 Å². The van der Waals surface area contributed by atoms with Gasteiger partial charge < -0.3 is 25.4 Å². The molecule has 0 radical (unpaired) electrons. The van der Waals surface area contributed by atoms with Gasteiger partial charge in [0.25, 0.3) is 5.91 Å². The van der Waals surface area contributed by atoms with E-state index in [9.17, 15) is 4.79 Å². The highest BCUT2D eigenvalue weighted by Gasteiger charge is 2.23. The largest absolute Gasteiger partial charge is 0.454 e. The Morgan fingerprint density at radius 1 is 1.35 bits per heavy atom. The number of fused-ring (bicyclic) bond motifs is 1. The lowest BCUT2D eigenvalue weighted by Crippen LogP contribution is -2.48. The number of nitrogens with zero attached hydrogens (tertiary/aromatic N) is 1. The Labute approximate surface area is 118 Å². The Hall–Kier alpha value is -1.95. The monoisotopic (exact) mass is 279 g/mol. The van der Waals surface area contributed by atoms with Gasteiger partial charge >= 0.3 is 0 Å². The first-order valence-corrected chi connectivity index (χ1v) is 6.46. The van der Waals surface area contributed by atoms with Crippen molar-refractivity contribution < 1.29 is 14.3 Å². The summed E-state index contributed by atoms with van der Waals surface area (Å²) < 4.78 is 10.5. The number of nitrogens with one attached hydrogen (secondary N) is 1. The van der Waals surface area contributed by atoms with Gasteiger partial charge in [0.15, 0.2) is 11.5 Å². The average molecular weight is 279 g/mol. The smallest absolute Gasteiger partial charge is 0.253 e.